The topological polar surface area (TPSA) is 87.1 Å². The van der Waals surface area contributed by atoms with E-state index < -0.39 is 5.97 Å². The molecule has 2 unspecified atom stereocenters. The Morgan fingerprint density at radius 1 is 1.00 bits per heavy atom. The Morgan fingerprint density at radius 3 is 2.32 bits per heavy atom. The van der Waals surface area contributed by atoms with Gasteiger partial charge in [-0.1, -0.05) is 43.6 Å². The molecule has 2 atom stereocenters. The number of carboxylic acids is 1. The second-order valence-corrected chi connectivity index (χ2v) is 10.4. The lowest BCUT2D eigenvalue weighted by Gasteiger charge is -2.31. The normalized spacial score (nSPS) is 25.7. The Hall–Kier alpha value is -3.12. The van der Waals surface area contributed by atoms with Crippen molar-refractivity contribution >= 4 is 40.6 Å². The van der Waals surface area contributed by atoms with Crippen LogP contribution in [0, 0.1) is 17.8 Å². The number of carbonyl (C=O) groups is 1. The minimum atomic E-state index is -1.01. The van der Waals surface area contributed by atoms with Crippen LogP contribution in [-0.2, 0) is 5.41 Å². The van der Waals surface area contributed by atoms with Crippen LogP contribution in [0.5, 0.6) is 0 Å². The summed E-state index contributed by atoms with van der Waals surface area (Å²) in [6.07, 6.45) is 8.42. The molecule has 34 heavy (non-hydrogen) atoms. The third-order valence-electron chi connectivity index (χ3n) is 7.46. The van der Waals surface area contributed by atoms with Crippen LogP contribution in [0.4, 0.5) is 23.0 Å². The lowest BCUT2D eigenvalue weighted by Crippen LogP contribution is -2.25. The molecule has 1 heterocycles. The fourth-order valence-electron chi connectivity index (χ4n) is 6.26. The highest BCUT2D eigenvalue weighted by Gasteiger charge is 2.52. The second kappa shape index (κ2) is 8.91. The molecule has 7 heteroatoms. The zero-order valence-electron chi connectivity index (χ0n) is 19.4. The quantitative estimate of drug-likeness (QED) is 0.354. The number of nitrogens with zero attached hydrogens (tertiary/aromatic N) is 2. The van der Waals surface area contributed by atoms with Crippen LogP contribution >= 0.6 is 11.6 Å². The maximum atomic E-state index is 11.4. The van der Waals surface area contributed by atoms with Crippen LogP contribution < -0.4 is 10.6 Å². The van der Waals surface area contributed by atoms with Crippen molar-refractivity contribution in [3.8, 4) is 0 Å². The van der Waals surface area contributed by atoms with Crippen LogP contribution in [0.15, 0.2) is 54.9 Å². The number of hydrogen-bond donors (Lipinski definition) is 3. The summed E-state index contributed by atoms with van der Waals surface area (Å²) in [5.41, 5.74) is 3.76. The Kier molecular flexibility index (Phi) is 5.94. The Bertz CT molecular complexity index is 1200. The van der Waals surface area contributed by atoms with Crippen molar-refractivity contribution in [1.29, 1.82) is 0 Å². The van der Waals surface area contributed by atoms with Crippen LogP contribution in [0.1, 0.15) is 55.5 Å². The molecule has 5 rings (SSSR count). The van der Waals surface area contributed by atoms with Gasteiger partial charge in [-0.05, 0) is 78.7 Å². The predicted molar refractivity (Wildman–Crippen MR) is 135 cm³/mol. The molecule has 176 valence electrons. The molecule has 0 saturated heterocycles. The largest absolute Gasteiger partial charge is 0.478 e. The number of carboxylic acid groups (broad SMARTS) is 1. The summed E-state index contributed by atoms with van der Waals surface area (Å²) in [4.78, 5) is 20.0. The van der Waals surface area contributed by atoms with E-state index in [9.17, 15) is 9.90 Å². The number of rotatable bonds is 6. The highest BCUT2D eigenvalue weighted by Crippen LogP contribution is 2.59. The van der Waals surface area contributed by atoms with Crippen LogP contribution in [-0.4, -0.2) is 21.0 Å². The molecule has 3 N–H and O–H groups in total. The van der Waals surface area contributed by atoms with E-state index >= 15 is 0 Å². The molecule has 6 nitrogen and oxygen atoms in total. The molecule has 3 aromatic rings. The third kappa shape index (κ3) is 4.23. The van der Waals surface area contributed by atoms with Gasteiger partial charge in [-0.15, -0.1) is 0 Å². The van der Waals surface area contributed by atoms with Gasteiger partial charge in [-0.2, -0.15) is 0 Å². The zero-order chi connectivity index (χ0) is 23.9. The van der Waals surface area contributed by atoms with Gasteiger partial charge < -0.3 is 15.7 Å². The number of para-hydroxylation sites is 1. The van der Waals surface area contributed by atoms with Crippen molar-refractivity contribution < 1.29 is 9.90 Å². The number of nitrogens with one attached hydrogen (secondary N) is 2. The van der Waals surface area contributed by atoms with Crippen molar-refractivity contribution in [3.05, 3.63) is 71.0 Å². The lowest BCUT2D eigenvalue weighted by molar-refractivity contribution is 0.0698. The van der Waals surface area contributed by atoms with Crippen molar-refractivity contribution in [2.75, 3.05) is 10.6 Å². The number of anilines is 4. The first-order valence-corrected chi connectivity index (χ1v) is 12.2. The smallest absolute Gasteiger partial charge is 0.337 e. The summed E-state index contributed by atoms with van der Waals surface area (Å²) in [6.45, 7) is 4.75. The molecule has 0 bridgehead atoms. The minimum Gasteiger partial charge on any atom is -0.478 e. The standard InChI is InChI=1S/C27H29ClN4O2/c1-16-9-19-10-17(2)13-27(19,12-16)18-7-8-24(22(28)11-18)31-20-14-29-26(30-15-20)32-23-6-4-3-5-21(23)25(33)34/h3-8,11,14-17,19,31H,9-10,12-13H2,1-2H3,(H,33,34)(H,29,30,32). The number of aromatic carboxylic acids is 1. The monoisotopic (exact) mass is 476 g/mol. The van der Waals surface area contributed by atoms with Gasteiger partial charge in [0.15, 0.2) is 0 Å². The van der Waals surface area contributed by atoms with Gasteiger partial charge in [0.05, 0.1) is 40.0 Å². The van der Waals surface area contributed by atoms with Gasteiger partial charge in [-0.25, -0.2) is 14.8 Å². The molecule has 2 saturated carbocycles. The summed E-state index contributed by atoms with van der Waals surface area (Å²) in [7, 11) is 0. The van der Waals surface area contributed by atoms with Gasteiger partial charge in [0.2, 0.25) is 5.95 Å². The fraction of sp³-hybridized carbons (Fsp3) is 0.370. The Morgan fingerprint density at radius 2 is 1.68 bits per heavy atom. The molecular formula is C27H29ClN4O2. The number of fused-ring (bicyclic) bond motifs is 1. The molecule has 2 aromatic carbocycles. The molecule has 2 aliphatic carbocycles. The van der Waals surface area contributed by atoms with Gasteiger partial charge in [0, 0.05) is 0 Å². The first-order chi connectivity index (χ1) is 16.3. The highest BCUT2D eigenvalue weighted by molar-refractivity contribution is 6.33. The van der Waals surface area contributed by atoms with Crippen molar-refractivity contribution in [3.63, 3.8) is 0 Å². The summed E-state index contributed by atoms with van der Waals surface area (Å²) in [5.74, 6) is 1.59. The van der Waals surface area contributed by atoms with E-state index in [1.54, 1.807) is 30.6 Å². The Labute approximate surface area is 204 Å². The van der Waals surface area contributed by atoms with E-state index in [2.05, 4.69) is 52.6 Å². The molecule has 2 fully saturated rings. The highest BCUT2D eigenvalue weighted by atomic mass is 35.5. The average molecular weight is 477 g/mol. The summed E-state index contributed by atoms with van der Waals surface area (Å²) < 4.78 is 0. The molecule has 1 aromatic heterocycles. The predicted octanol–water partition coefficient (Wildman–Crippen LogP) is 7.03. The van der Waals surface area contributed by atoms with E-state index in [-0.39, 0.29) is 11.0 Å². The summed E-state index contributed by atoms with van der Waals surface area (Å²) >= 11 is 6.73. The van der Waals surface area contributed by atoms with E-state index in [1.165, 1.54) is 37.3 Å². The first kappa shape index (κ1) is 22.7. The van der Waals surface area contributed by atoms with E-state index in [0.29, 0.717) is 22.3 Å². The number of hydrogen-bond acceptors (Lipinski definition) is 5. The lowest BCUT2D eigenvalue weighted by atomic mass is 9.73. The zero-order valence-corrected chi connectivity index (χ0v) is 20.1. The minimum absolute atomic E-state index is 0.162. The number of aromatic nitrogens is 2. The first-order valence-electron chi connectivity index (χ1n) is 11.8. The fourth-order valence-corrected chi connectivity index (χ4v) is 6.48. The maximum absolute atomic E-state index is 11.4. The number of benzene rings is 2. The van der Waals surface area contributed by atoms with E-state index in [1.807, 2.05) is 0 Å². The Balaban J connectivity index is 1.31. The van der Waals surface area contributed by atoms with Crippen molar-refractivity contribution in [2.24, 2.45) is 17.8 Å². The molecule has 2 aliphatic rings. The van der Waals surface area contributed by atoms with Crippen LogP contribution in [0.2, 0.25) is 5.02 Å². The molecule has 0 aliphatic heterocycles. The van der Waals surface area contributed by atoms with Crippen LogP contribution in [0.25, 0.3) is 0 Å². The number of halogens is 1. The van der Waals surface area contributed by atoms with Gasteiger partial charge in [0.25, 0.3) is 0 Å². The van der Waals surface area contributed by atoms with Crippen molar-refractivity contribution in [2.45, 2.75) is 44.9 Å². The molecular weight excluding hydrogens is 448 g/mol. The van der Waals surface area contributed by atoms with E-state index in [4.69, 9.17) is 11.6 Å². The second-order valence-electron chi connectivity index (χ2n) is 10.0. The maximum Gasteiger partial charge on any atom is 0.337 e. The average Bonchev–Trinajstić information content (AvgIpc) is 3.28. The SMILES string of the molecule is CC1CC2CC(C)CC2(c2ccc(Nc3cnc(Nc4ccccc4C(=O)O)nc3)c(Cl)c2)C1. The van der Waals surface area contributed by atoms with Gasteiger partial charge in [0.1, 0.15) is 0 Å². The molecule has 0 radical (unpaired) electrons. The van der Waals surface area contributed by atoms with Gasteiger partial charge in [-0.3, -0.25) is 0 Å². The molecule has 0 spiro atoms. The third-order valence-corrected chi connectivity index (χ3v) is 7.77. The van der Waals surface area contributed by atoms with Crippen LogP contribution in [0.3, 0.4) is 0 Å². The van der Waals surface area contributed by atoms with E-state index in [0.717, 1.165) is 23.4 Å². The summed E-state index contributed by atoms with van der Waals surface area (Å²) in [6, 6.07) is 13.1. The van der Waals surface area contributed by atoms with Crippen molar-refractivity contribution in [1.82, 2.24) is 9.97 Å². The van der Waals surface area contributed by atoms with Gasteiger partial charge >= 0.3 is 5.97 Å². The summed E-state index contributed by atoms with van der Waals surface area (Å²) in [5, 5.41) is 16.3. The molecule has 0 amide bonds.